The van der Waals surface area contributed by atoms with Gasteiger partial charge in [-0.3, -0.25) is 0 Å². The molecule has 0 saturated carbocycles. The minimum atomic E-state index is 0.102. The van der Waals surface area contributed by atoms with Gasteiger partial charge in [-0.25, -0.2) is 4.98 Å². The molecule has 1 unspecified atom stereocenters. The van der Waals surface area contributed by atoms with Crippen molar-refractivity contribution >= 4 is 22.8 Å². The van der Waals surface area contributed by atoms with Gasteiger partial charge in [0.15, 0.2) is 0 Å². The van der Waals surface area contributed by atoms with E-state index in [0.717, 1.165) is 41.4 Å². The third-order valence-electron chi connectivity index (χ3n) is 4.30. The van der Waals surface area contributed by atoms with Crippen LogP contribution in [-0.4, -0.2) is 23.2 Å². The molecule has 0 radical (unpaired) electrons. The zero-order valence-corrected chi connectivity index (χ0v) is 14.1. The minimum absolute atomic E-state index is 0.102. The molecule has 1 aliphatic carbocycles. The molecule has 0 spiro atoms. The summed E-state index contributed by atoms with van der Waals surface area (Å²) in [7, 11) is 1.78. The smallest absolute Gasteiger partial charge is 0.137 e. The lowest BCUT2D eigenvalue weighted by Gasteiger charge is -2.18. The highest BCUT2D eigenvalue weighted by Gasteiger charge is 2.19. The molecule has 2 aromatic heterocycles. The molecule has 1 atom stereocenters. The monoisotopic (exact) mass is 329 g/mol. The quantitative estimate of drug-likeness (QED) is 0.596. The molecule has 5 nitrogen and oxygen atoms in total. The fourth-order valence-electron chi connectivity index (χ4n) is 3.04. The van der Waals surface area contributed by atoms with Crippen molar-refractivity contribution in [3.8, 4) is 17.9 Å². The Morgan fingerprint density at radius 3 is 3.08 bits per heavy atom. The summed E-state index contributed by atoms with van der Waals surface area (Å²) in [6.45, 7) is 0. The SMILES string of the molecule is CN/C=C(/C#Cc1cnc2[nH]ccc2c1C1=CCC(C#N)CC1)C=N. The van der Waals surface area contributed by atoms with Crippen LogP contribution in [0.15, 0.2) is 36.3 Å². The van der Waals surface area contributed by atoms with E-state index in [0.29, 0.717) is 5.57 Å². The van der Waals surface area contributed by atoms with E-state index in [4.69, 9.17) is 10.7 Å². The molecule has 0 aliphatic heterocycles. The van der Waals surface area contributed by atoms with Gasteiger partial charge in [-0.1, -0.05) is 17.9 Å². The van der Waals surface area contributed by atoms with Crippen LogP contribution in [0.25, 0.3) is 16.6 Å². The van der Waals surface area contributed by atoms with Crippen LogP contribution < -0.4 is 5.32 Å². The third-order valence-corrected chi connectivity index (χ3v) is 4.30. The second kappa shape index (κ2) is 7.51. The van der Waals surface area contributed by atoms with Crippen molar-refractivity contribution in [2.24, 2.45) is 5.92 Å². The molecule has 0 saturated heterocycles. The van der Waals surface area contributed by atoms with Gasteiger partial charge in [0, 0.05) is 42.8 Å². The van der Waals surface area contributed by atoms with Crippen molar-refractivity contribution in [2.45, 2.75) is 19.3 Å². The zero-order valence-electron chi connectivity index (χ0n) is 14.1. The van der Waals surface area contributed by atoms with Gasteiger partial charge in [-0.05, 0) is 30.9 Å². The summed E-state index contributed by atoms with van der Waals surface area (Å²) in [6, 6.07) is 4.37. The molecular weight excluding hydrogens is 310 g/mol. The first-order chi connectivity index (χ1) is 12.3. The molecule has 25 heavy (non-hydrogen) atoms. The number of pyridine rings is 1. The van der Waals surface area contributed by atoms with Gasteiger partial charge in [0.05, 0.1) is 23.1 Å². The maximum atomic E-state index is 9.11. The molecule has 1 aliphatic rings. The van der Waals surface area contributed by atoms with E-state index in [2.05, 4.69) is 39.3 Å². The van der Waals surface area contributed by atoms with Crippen LogP contribution in [0.3, 0.4) is 0 Å². The number of hydrogen-bond donors (Lipinski definition) is 3. The van der Waals surface area contributed by atoms with Crippen LogP contribution in [0.1, 0.15) is 30.4 Å². The third kappa shape index (κ3) is 3.46. The fourth-order valence-corrected chi connectivity index (χ4v) is 3.04. The Morgan fingerprint density at radius 1 is 1.52 bits per heavy atom. The van der Waals surface area contributed by atoms with E-state index in [1.54, 1.807) is 19.4 Å². The van der Waals surface area contributed by atoms with E-state index >= 15 is 0 Å². The minimum Gasteiger partial charge on any atom is -0.393 e. The Bertz CT molecular complexity index is 959. The first-order valence-corrected chi connectivity index (χ1v) is 8.22. The van der Waals surface area contributed by atoms with Crippen LogP contribution in [0.5, 0.6) is 0 Å². The number of fused-ring (bicyclic) bond motifs is 1. The van der Waals surface area contributed by atoms with E-state index in [1.807, 2.05) is 12.3 Å². The van der Waals surface area contributed by atoms with E-state index in [9.17, 15) is 0 Å². The predicted octanol–water partition coefficient (Wildman–Crippen LogP) is 3.37. The summed E-state index contributed by atoms with van der Waals surface area (Å²) in [6.07, 6.45) is 11.2. The number of aromatic nitrogens is 2. The Balaban J connectivity index is 2.10. The average molecular weight is 329 g/mol. The van der Waals surface area contributed by atoms with Gasteiger partial charge in [0.2, 0.25) is 0 Å². The molecule has 2 aromatic rings. The van der Waals surface area contributed by atoms with Crippen LogP contribution >= 0.6 is 0 Å². The summed E-state index contributed by atoms with van der Waals surface area (Å²) < 4.78 is 0. The normalized spacial score (nSPS) is 17.2. The topological polar surface area (TPSA) is 88.3 Å². The second-order valence-electron chi connectivity index (χ2n) is 5.90. The summed E-state index contributed by atoms with van der Waals surface area (Å²) in [5.41, 5.74) is 4.59. The molecule has 2 heterocycles. The lowest BCUT2D eigenvalue weighted by molar-refractivity contribution is 0.604. The van der Waals surface area contributed by atoms with E-state index in [1.165, 1.54) is 11.8 Å². The fraction of sp³-hybridized carbons (Fsp3) is 0.250. The zero-order chi connectivity index (χ0) is 17.6. The molecule has 5 heteroatoms. The number of nitriles is 1. The molecule has 0 fully saturated rings. The van der Waals surface area contributed by atoms with E-state index < -0.39 is 0 Å². The predicted molar refractivity (Wildman–Crippen MR) is 99.8 cm³/mol. The number of hydrogen-bond acceptors (Lipinski definition) is 4. The molecule has 124 valence electrons. The lowest BCUT2D eigenvalue weighted by atomic mass is 9.85. The number of rotatable bonds is 3. The maximum absolute atomic E-state index is 9.11. The Hall–Kier alpha value is -3.31. The van der Waals surface area contributed by atoms with Crippen LogP contribution in [-0.2, 0) is 0 Å². The number of nitrogens with one attached hydrogen (secondary N) is 3. The largest absolute Gasteiger partial charge is 0.393 e. The summed E-state index contributed by atoms with van der Waals surface area (Å²) in [4.78, 5) is 7.59. The van der Waals surface area contributed by atoms with Gasteiger partial charge in [0.25, 0.3) is 0 Å². The highest BCUT2D eigenvalue weighted by molar-refractivity contribution is 5.93. The summed E-state index contributed by atoms with van der Waals surface area (Å²) >= 11 is 0. The summed E-state index contributed by atoms with van der Waals surface area (Å²) in [5, 5.41) is 20.5. The van der Waals surface area contributed by atoms with Crippen molar-refractivity contribution in [2.75, 3.05) is 7.05 Å². The summed E-state index contributed by atoms with van der Waals surface area (Å²) in [5.74, 6) is 6.28. The lowest BCUT2D eigenvalue weighted by Crippen LogP contribution is -2.04. The number of H-pyrrole nitrogens is 1. The Kier molecular flexibility index (Phi) is 4.97. The van der Waals surface area contributed by atoms with Gasteiger partial charge in [0.1, 0.15) is 5.65 Å². The Labute approximate surface area is 147 Å². The maximum Gasteiger partial charge on any atom is 0.137 e. The molecular formula is C20H19N5. The molecule has 3 N–H and O–H groups in total. The first-order valence-electron chi connectivity index (χ1n) is 8.22. The van der Waals surface area contributed by atoms with Crippen molar-refractivity contribution in [3.63, 3.8) is 0 Å². The van der Waals surface area contributed by atoms with Crippen molar-refractivity contribution in [1.82, 2.24) is 15.3 Å². The van der Waals surface area contributed by atoms with Crippen molar-refractivity contribution in [1.29, 1.82) is 10.7 Å². The second-order valence-corrected chi connectivity index (χ2v) is 5.90. The molecule has 0 aromatic carbocycles. The highest BCUT2D eigenvalue weighted by Crippen LogP contribution is 2.35. The van der Waals surface area contributed by atoms with Gasteiger partial charge >= 0.3 is 0 Å². The van der Waals surface area contributed by atoms with Gasteiger partial charge < -0.3 is 15.7 Å². The first kappa shape index (κ1) is 16.5. The van der Waals surface area contributed by atoms with E-state index in [-0.39, 0.29) is 5.92 Å². The highest BCUT2D eigenvalue weighted by atomic mass is 14.8. The number of allylic oxidation sites excluding steroid dienone is 3. The standard InChI is InChI=1S/C20H19N5/c1-23-12-15(11-22)4-7-17-13-25-20-18(8-9-24-20)19(17)16-5-2-14(10-21)3-6-16/h5,8-9,11-14,22-23H,2-3,6H2,1H3,(H,24,25)/b15-12-,22-11?. The Morgan fingerprint density at radius 2 is 2.40 bits per heavy atom. The van der Waals surface area contributed by atoms with Crippen LogP contribution in [0.4, 0.5) is 0 Å². The molecule has 0 amide bonds. The molecule has 0 bridgehead atoms. The van der Waals surface area contributed by atoms with Crippen LogP contribution in [0, 0.1) is 34.5 Å². The average Bonchev–Trinajstić information content (AvgIpc) is 3.13. The van der Waals surface area contributed by atoms with Crippen molar-refractivity contribution in [3.05, 3.63) is 47.4 Å². The number of aromatic amines is 1. The van der Waals surface area contributed by atoms with Crippen LogP contribution in [0.2, 0.25) is 0 Å². The van der Waals surface area contributed by atoms with Gasteiger partial charge in [-0.15, -0.1) is 0 Å². The molecule has 3 rings (SSSR count). The van der Waals surface area contributed by atoms with Crippen molar-refractivity contribution < 1.29 is 0 Å². The van der Waals surface area contributed by atoms with Gasteiger partial charge in [-0.2, -0.15) is 5.26 Å². The number of nitrogens with zero attached hydrogens (tertiary/aromatic N) is 2.